The Hall–Kier alpha value is -2.79. The minimum absolute atomic E-state index is 0.115. The van der Waals surface area contributed by atoms with E-state index in [-0.39, 0.29) is 15.6 Å². The van der Waals surface area contributed by atoms with Gasteiger partial charge in [-0.2, -0.15) is 0 Å². The van der Waals surface area contributed by atoms with E-state index >= 15 is 0 Å². The van der Waals surface area contributed by atoms with Gasteiger partial charge in [0.05, 0.1) is 9.79 Å². The van der Waals surface area contributed by atoms with E-state index in [4.69, 9.17) is 0 Å². The summed E-state index contributed by atoms with van der Waals surface area (Å²) in [6, 6.07) is 19.0. The van der Waals surface area contributed by atoms with E-state index < -0.39 is 15.7 Å². The van der Waals surface area contributed by atoms with E-state index in [0.717, 1.165) is 0 Å². The third kappa shape index (κ3) is 3.12. The molecule has 0 unspecified atom stereocenters. The number of ketones is 1. The van der Waals surface area contributed by atoms with Crippen molar-refractivity contribution in [2.45, 2.75) is 9.79 Å². The van der Waals surface area contributed by atoms with E-state index in [9.17, 15) is 17.6 Å². The van der Waals surface area contributed by atoms with Crippen LogP contribution in [0.3, 0.4) is 0 Å². The van der Waals surface area contributed by atoms with Gasteiger partial charge in [-0.1, -0.05) is 18.2 Å². The molecule has 0 radical (unpaired) electrons. The highest BCUT2D eigenvalue weighted by Gasteiger charge is 2.18. The Balaban J connectivity index is 1.91. The maximum Gasteiger partial charge on any atom is 0.206 e. The topological polar surface area (TPSA) is 51.2 Å². The van der Waals surface area contributed by atoms with Gasteiger partial charge in [0.2, 0.25) is 9.84 Å². The molecule has 0 bridgehead atoms. The van der Waals surface area contributed by atoms with Crippen LogP contribution in [0, 0.1) is 5.82 Å². The quantitative estimate of drug-likeness (QED) is 0.677. The van der Waals surface area contributed by atoms with Crippen LogP contribution in [-0.4, -0.2) is 14.2 Å². The molecule has 24 heavy (non-hydrogen) atoms. The van der Waals surface area contributed by atoms with Gasteiger partial charge in [-0.3, -0.25) is 4.79 Å². The van der Waals surface area contributed by atoms with E-state index in [2.05, 4.69) is 0 Å². The summed E-state index contributed by atoms with van der Waals surface area (Å²) >= 11 is 0. The Morgan fingerprint density at radius 2 is 1.12 bits per heavy atom. The molecular weight excluding hydrogens is 327 g/mol. The highest BCUT2D eigenvalue weighted by Crippen LogP contribution is 2.21. The fourth-order valence-corrected chi connectivity index (χ4v) is 3.57. The summed E-state index contributed by atoms with van der Waals surface area (Å²) in [5.74, 6) is -0.713. The lowest BCUT2D eigenvalue weighted by Gasteiger charge is -2.06. The molecule has 0 heterocycles. The van der Waals surface area contributed by atoms with Crippen LogP contribution in [0.1, 0.15) is 15.9 Å². The normalized spacial score (nSPS) is 11.2. The second-order valence-electron chi connectivity index (χ2n) is 5.18. The lowest BCUT2D eigenvalue weighted by Crippen LogP contribution is -2.04. The molecule has 0 aliphatic carbocycles. The van der Waals surface area contributed by atoms with Gasteiger partial charge < -0.3 is 0 Å². The minimum Gasteiger partial charge on any atom is -0.289 e. The average Bonchev–Trinajstić information content (AvgIpc) is 2.62. The van der Waals surface area contributed by atoms with Crippen LogP contribution in [0.2, 0.25) is 0 Å². The average molecular weight is 340 g/mol. The summed E-state index contributed by atoms with van der Waals surface area (Å²) in [7, 11) is -3.61. The molecular formula is C19H13FO3S. The van der Waals surface area contributed by atoms with Crippen molar-refractivity contribution >= 4 is 15.6 Å². The van der Waals surface area contributed by atoms with Crippen molar-refractivity contribution in [1.29, 1.82) is 0 Å². The Labute approximate surface area is 139 Å². The fourth-order valence-electron chi connectivity index (χ4n) is 2.29. The largest absolute Gasteiger partial charge is 0.289 e. The van der Waals surface area contributed by atoms with Gasteiger partial charge in [-0.05, 0) is 60.7 Å². The highest BCUT2D eigenvalue weighted by molar-refractivity contribution is 7.91. The zero-order valence-corrected chi connectivity index (χ0v) is 13.3. The first-order valence-corrected chi connectivity index (χ1v) is 8.67. The summed E-state index contributed by atoms with van der Waals surface area (Å²) in [6.07, 6.45) is 0. The van der Waals surface area contributed by atoms with Gasteiger partial charge in [-0.15, -0.1) is 0 Å². The van der Waals surface area contributed by atoms with E-state index in [1.807, 2.05) is 0 Å². The summed E-state index contributed by atoms with van der Waals surface area (Å²) in [5, 5.41) is 0. The molecule has 0 aromatic heterocycles. The zero-order valence-electron chi connectivity index (χ0n) is 12.5. The molecule has 0 fully saturated rings. The molecule has 3 rings (SSSR count). The van der Waals surface area contributed by atoms with Crippen molar-refractivity contribution in [2.75, 3.05) is 0 Å². The van der Waals surface area contributed by atoms with Gasteiger partial charge in [0.25, 0.3) is 0 Å². The molecule has 0 aliphatic rings. The van der Waals surface area contributed by atoms with Crippen LogP contribution in [0.15, 0.2) is 88.7 Å². The van der Waals surface area contributed by atoms with Gasteiger partial charge in [0.1, 0.15) is 5.82 Å². The van der Waals surface area contributed by atoms with Crippen molar-refractivity contribution in [3.05, 3.63) is 95.8 Å². The summed E-state index contributed by atoms with van der Waals surface area (Å²) in [6.45, 7) is 0. The number of hydrogen-bond acceptors (Lipinski definition) is 3. The molecule has 3 aromatic rings. The number of sulfone groups is 1. The number of benzene rings is 3. The molecule has 0 N–H and O–H groups in total. The van der Waals surface area contributed by atoms with Crippen LogP contribution >= 0.6 is 0 Å². The molecule has 0 atom stereocenters. The highest BCUT2D eigenvalue weighted by atomic mass is 32.2. The van der Waals surface area contributed by atoms with Crippen LogP contribution in [0.25, 0.3) is 0 Å². The van der Waals surface area contributed by atoms with Crippen molar-refractivity contribution in [1.82, 2.24) is 0 Å². The van der Waals surface area contributed by atoms with Crippen molar-refractivity contribution in [2.24, 2.45) is 0 Å². The lowest BCUT2D eigenvalue weighted by atomic mass is 10.0. The Bertz CT molecular complexity index is 961. The SMILES string of the molecule is O=C(c1ccc(F)cc1)c1ccc(S(=O)(=O)c2ccccc2)cc1. The third-order valence-corrected chi connectivity index (χ3v) is 5.37. The van der Waals surface area contributed by atoms with Crippen LogP contribution in [0.4, 0.5) is 4.39 Å². The maximum atomic E-state index is 12.9. The van der Waals surface area contributed by atoms with E-state index in [1.165, 1.54) is 60.7 Å². The molecule has 0 amide bonds. The van der Waals surface area contributed by atoms with Gasteiger partial charge in [0, 0.05) is 11.1 Å². The monoisotopic (exact) mass is 340 g/mol. The van der Waals surface area contributed by atoms with E-state index in [1.54, 1.807) is 18.2 Å². The zero-order chi connectivity index (χ0) is 17.2. The van der Waals surface area contributed by atoms with Crippen molar-refractivity contribution < 1.29 is 17.6 Å². The first-order valence-electron chi connectivity index (χ1n) is 7.19. The fraction of sp³-hybridized carbons (Fsp3) is 0. The van der Waals surface area contributed by atoms with Gasteiger partial charge in [0.15, 0.2) is 5.78 Å². The molecule has 120 valence electrons. The number of rotatable bonds is 4. The summed E-state index contributed by atoms with van der Waals surface area (Å²) in [4.78, 5) is 12.6. The maximum absolute atomic E-state index is 12.9. The number of hydrogen-bond donors (Lipinski definition) is 0. The van der Waals surface area contributed by atoms with Crippen molar-refractivity contribution in [3.63, 3.8) is 0 Å². The standard InChI is InChI=1S/C19H13FO3S/c20-16-10-6-14(7-11-16)19(21)15-8-12-18(13-9-15)24(22,23)17-4-2-1-3-5-17/h1-13H. The van der Waals surface area contributed by atoms with Crippen LogP contribution < -0.4 is 0 Å². The summed E-state index contributed by atoms with van der Waals surface area (Å²) < 4.78 is 37.9. The van der Waals surface area contributed by atoms with E-state index in [0.29, 0.717) is 11.1 Å². The molecule has 0 aliphatic heterocycles. The van der Waals surface area contributed by atoms with Gasteiger partial charge in [-0.25, -0.2) is 12.8 Å². The number of carbonyl (C=O) groups is 1. The predicted octanol–water partition coefficient (Wildman–Crippen LogP) is 3.89. The van der Waals surface area contributed by atoms with Crippen LogP contribution in [0.5, 0.6) is 0 Å². The van der Waals surface area contributed by atoms with Crippen LogP contribution in [-0.2, 0) is 9.84 Å². The first kappa shape index (κ1) is 16.1. The molecule has 3 nitrogen and oxygen atoms in total. The Morgan fingerprint density at radius 3 is 1.67 bits per heavy atom. The molecule has 0 spiro atoms. The minimum atomic E-state index is -3.61. The molecule has 0 saturated carbocycles. The second kappa shape index (κ2) is 6.37. The molecule has 5 heteroatoms. The number of halogens is 1. The van der Waals surface area contributed by atoms with Crippen molar-refractivity contribution in [3.8, 4) is 0 Å². The smallest absolute Gasteiger partial charge is 0.206 e. The number of carbonyl (C=O) groups excluding carboxylic acids is 1. The predicted molar refractivity (Wildman–Crippen MR) is 88.2 cm³/mol. The first-order chi connectivity index (χ1) is 11.5. The third-order valence-electron chi connectivity index (χ3n) is 3.59. The van der Waals surface area contributed by atoms with Gasteiger partial charge >= 0.3 is 0 Å². The molecule has 3 aromatic carbocycles. The Kier molecular flexibility index (Phi) is 4.27. The lowest BCUT2D eigenvalue weighted by molar-refractivity contribution is 0.103. The summed E-state index contributed by atoms with van der Waals surface area (Å²) in [5.41, 5.74) is 0.684. The second-order valence-corrected chi connectivity index (χ2v) is 7.13. The molecule has 0 saturated heterocycles. The Morgan fingerprint density at radius 1 is 0.667 bits per heavy atom.